The second-order valence-corrected chi connectivity index (χ2v) is 26.6. The molecule has 0 aliphatic rings. The van der Waals surface area contributed by atoms with Gasteiger partial charge in [-0.15, -0.1) is 0 Å². The Morgan fingerprint density at radius 2 is 0.769 bits per heavy atom. The first-order valence-electron chi connectivity index (χ1n) is 34.8. The summed E-state index contributed by atoms with van der Waals surface area (Å²) in [7, 11) is 0. The SMILES string of the molecule is C.C.C.C.CC(=O)CC(=O)C(F)(F)F.CCC(=O)Cl.Cc1cc(C(F)(F)F)nn1-c1ccc(CN)cc1.Cc1cc(C(F)(F)F)nn1-c1ccc(CNc2nc(Cl)ncc2N)cc1.Cc1cc(C(F)(F)F)nn1-c1ccc(CNc2nc(Cl)ncc2[N+](=O)[O-])cc1.O=[N+]([O-])c1cnc(Cl)nc1Cl.[C-]#[N+]c1ccc(-n2nc(C(F)(F)F)cc2C)cc1.[C-]#[N+]c1ccc(NN)cc1. The minimum Gasteiger partial charge on any atom is -0.394 e. The van der Waals surface area contributed by atoms with Gasteiger partial charge in [0.05, 0.1) is 64.0 Å². The fourth-order valence-electron chi connectivity index (χ4n) is 9.37. The maximum atomic E-state index is 12.8. The molecule has 0 unspecified atom stereocenters. The van der Waals surface area contributed by atoms with E-state index in [2.05, 4.69) is 76.0 Å². The molecule has 12 aromatic rings. The van der Waals surface area contributed by atoms with Gasteiger partial charge in [-0.3, -0.25) is 40.5 Å². The van der Waals surface area contributed by atoms with E-state index in [9.17, 15) is 100 Å². The number of hydrogen-bond donors (Lipinski definition) is 6. The van der Waals surface area contributed by atoms with E-state index in [1.54, 1.807) is 137 Å². The molecule has 0 radical (unpaired) electrons. The molecule has 51 heteroatoms. The third kappa shape index (κ3) is 36.3. The second-order valence-electron chi connectivity index (χ2n) is 24.8. The highest BCUT2D eigenvalue weighted by Crippen LogP contribution is 2.35. The van der Waals surface area contributed by atoms with Crippen LogP contribution in [0, 0.1) is 61.1 Å². The number of nitro groups is 2. The molecular formula is C79H80Cl5F15N24O7. The van der Waals surface area contributed by atoms with E-state index in [0.29, 0.717) is 93.5 Å². The van der Waals surface area contributed by atoms with Crippen LogP contribution in [-0.4, -0.2) is 102 Å². The van der Waals surface area contributed by atoms with Crippen LogP contribution in [0.15, 0.2) is 164 Å². The number of nitrogens with two attached hydrogens (primary N) is 3. The number of aryl methyl sites for hydroxylation is 4. The third-order valence-electron chi connectivity index (χ3n) is 15.4. The van der Waals surface area contributed by atoms with Crippen LogP contribution in [-0.2, 0) is 58.7 Å². The number of aromatic nitrogens is 14. The number of rotatable bonds is 17. The topological polar surface area (TPSA) is 409 Å². The van der Waals surface area contributed by atoms with Crippen molar-refractivity contribution in [3.05, 3.63) is 290 Å². The van der Waals surface area contributed by atoms with Crippen LogP contribution >= 0.6 is 58.0 Å². The lowest BCUT2D eigenvalue weighted by molar-refractivity contribution is -0.385. The van der Waals surface area contributed by atoms with Gasteiger partial charge in [-0.2, -0.15) is 101 Å². The van der Waals surface area contributed by atoms with Crippen LogP contribution in [0.5, 0.6) is 0 Å². The minimum absolute atomic E-state index is 0. The maximum Gasteiger partial charge on any atom is 0.450 e. The lowest BCUT2D eigenvalue weighted by atomic mass is 10.2. The summed E-state index contributed by atoms with van der Waals surface area (Å²) in [6.45, 7) is 23.3. The predicted molar refractivity (Wildman–Crippen MR) is 461 cm³/mol. The molecule has 12 rings (SSSR count). The maximum absolute atomic E-state index is 12.8. The molecular weight excluding hydrogens is 1860 g/mol. The zero-order valence-electron chi connectivity index (χ0n) is 65.3. The molecule has 9 N–H and O–H groups in total. The smallest absolute Gasteiger partial charge is 0.394 e. The number of nitrogen functional groups attached to an aromatic ring is 2. The van der Waals surface area contributed by atoms with Gasteiger partial charge in [-0.05, 0) is 183 Å². The Kier molecular flexibility index (Phi) is 45.3. The number of nitrogens with one attached hydrogen (secondary N) is 3. The van der Waals surface area contributed by atoms with Gasteiger partial charge in [0.1, 0.15) is 18.2 Å². The van der Waals surface area contributed by atoms with Crippen molar-refractivity contribution in [3.8, 4) is 22.7 Å². The first kappa shape index (κ1) is 114. The van der Waals surface area contributed by atoms with Crippen LogP contribution in [0.2, 0.25) is 21.0 Å². The third-order valence-corrected chi connectivity index (χ3v) is 16.5. The van der Waals surface area contributed by atoms with Gasteiger partial charge < -0.3 is 27.5 Å². The number of carbonyl (C=O) groups excluding carboxylic acids is 3. The molecule has 0 fully saturated rings. The Balaban J connectivity index is 0.000000771. The van der Waals surface area contributed by atoms with Gasteiger partial charge in [0.2, 0.25) is 37.8 Å². The number of hydrogen-bond acceptors (Lipinski definition) is 23. The summed E-state index contributed by atoms with van der Waals surface area (Å²) in [5.74, 6) is 2.73. The summed E-state index contributed by atoms with van der Waals surface area (Å²) in [5.41, 5.74) is 17.7. The number of Topliss-reactive ketones (excluding diaryl/α,β-unsaturated/α-hetero) is 2. The average molecular weight is 1940 g/mol. The first-order chi connectivity index (χ1) is 58.8. The number of benzene rings is 5. The highest BCUT2D eigenvalue weighted by molar-refractivity contribution is 6.63. The molecule has 130 heavy (non-hydrogen) atoms. The van der Waals surface area contributed by atoms with E-state index in [1.807, 2.05) is 0 Å². The molecule has 0 saturated heterocycles. The molecule has 7 aromatic heterocycles. The molecule has 31 nitrogen and oxygen atoms in total. The number of anilines is 4. The highest BCUT2D eigenvalue weighted by Gasteiger charge is 2.40. The van der Waals surface area contributed by atoms with E-state index in [1.165, 1.54) is 44.0 Å². The summed E-state index contributed by atoms with van der Waals surface area (Å²) in [6.07, 6.45) is -20.0. The fourth-order valence-corrected chi connectivity index (χ4v) is 10.0. The van der Waals surface area contributed by atoms with Gasteiger partial charge in [0, 0.05) is 54.5 Å². The minimum atomic E-state index is -4.87. The number of alkyl halides is 15. The molecule has 698 valence electrons. The summed E-state index contributed by atoms with van der Waals surface area (Å²) in [5, 5.41) is 40.6. The van der Waals surface area contributed by atoms with E-state index >= 15 is 0 Å². The first-order valence-corrected chi connectivity index (χ1v) is 36.7. The number of hydrazine groups is 1. The van der Waals surface area contributed by atoms with Crippen LogP contribution in [0.1, 0.15) is 119 Å². The van der Waals surface area contributed by atoms with Crippen molar-refractivity contribution in [1.82, 2.24) is 69.0 Å². The number of nitrogens with zero attached hydrogens (tertiary/aromatic N) is 18. The molecule has 0 aliphatic heterocycles. The molecule has 0 atom stereocenters. The van der Waals surface area contributed by atoms with Crippen molar-refractivity contribution in [1.29, 1.82) is 0 Å². The van der Waals surface area contributed by atoms with Gasteiger partial charge in [0.25, 0.3) is 0 Å². The van der Waals surface area contributed by atoms with E-state index in [0.717, 1.165) is 60.4 Å². The zero-order chi connectivity index (χ0) is 94.5. The summed E-state index contributed by atoms with van der Waals surface area (Å²) >= 11 is 26.9. The Hall–Kier alpha value is -13.5. The van der Waals surface area contributed by atoms with Crippen molar-refractivity contribution >= 4 is 121 Å². The Bertz CT molecular complexity index is 5790. The number of halogens is 20. The van der Waals surface area contributed by atoms with Crippen LogP contribution in [0.25, 0.3) is 32.4 Å². The van der Waals surface area contributed by atoms with Crippen LogP contribution < -0.4 is 33.4 Å². The second kappa shape index (κ2) is 51.5. The average Bonchev–Trinajstić information content (AvgIpc) is 1.68. The van der Waals surface area contributed by atoms with Crippen LogP contribution in [0.4, 0.5) is 112 Å². The van der Waals surface area contributed by atoms with E-state index < -0.39 is 81.5 Å². The molecule has 0 saturated carbocycles. The number of carbonyl (C=O) groups is 3. The van der Waals surface area contributed by atoms with Crippen molar-refractivity contribution in [2.24, 2.45) is 11.6 Å². The molecule has 5 aromatic carbocycles. The zero-order valence-corrected chi connectivity index (χ0v) is 69.1. The highest BCUT2D eigenvalue weighted by atomic mass is 35.5. The van der Waals surface area contributed by atoms with Gasteiger partial charge in [0.15, 0.2) is 40.0 Å². The molecule has 0 aliphatic carbocycles. The lowest BCUT2D eigenvalue weighted by Crippen LogP contribution is -2.24. The van der Waals surface area contributed by atoms with Crippen molar-refractivity contribution in [2.75, 3.05) is 21.8 Å². The summed E-state index contributed by atoms with van der Waals surface area (Å²) < 4.78 is 191. The quantitative estimate of drug-likeness (QED) is 0.00567. The van der Waals surface area contributed by atoms with Gasteiger partial charge in [-0.25, -0.2) is 43.4 Å². The molecule has 7 heterocycles. The van der Waals surface area contributed by atoms with Crippen molar-refractivity contribution < 1.29 is 90.1 Å². The normalized spacial score (nSPS) is 10.6. The summed E-state index contributed by atoms with van der Waals surface area (Å²) in [4.78, 5) is 77.6. The van der Waals surface area contributed by atoms with Crippen molar-refractivity contribution in [3.63, 3.8) is 0 Å². The molecule has 0 spiro atoms. The van der Waals surface area contributed by atoms with E-state index in [4.69, 9.17) is 88.5 Å². The Morgan fingerprint density at radius 1 is 0.477 bits per heavy atom. The van der Waals surface area contributed by atoms with Crippen molar-refractivity contribution in [2.45, 2.75) is 135 Å². The van der Waals surface area contributed by atoms with Gasteiger partial charge in [-0.1, -0.05) is 109 Å². The standard InChI is InChI=1S/C16H12ClF3N6O2.C16H14ClF3N6.C12H8F3N3.C12H12F3N3.C7H7N3.C5H5F3O2.C4HCl2N3O2.C3H5ClO.4CH4/c1-9-6-13(16(18,19)20)24-25(9)11-4-2-10(3-5-11)7-21-14-12(26(27)28)8-22-15(17)23-14;1-9-6-13(16(18,19)20)25-26(9)11-4-2-10(3-5-11)7-22-14-12(21)8-23-15(17)24-14;1-8-7-11(12(13,14)15)17-18(8)10-5-3-9(16-2)4-6-10;1-8-6-11(12(13,14)15)17-18(8)10-4-2-9(7-16)3-5-10;1-9-6-2-4-7(10-8)5-3-6;1-3(9)2-4(10)5(6,7)8;5-3-2(9(10)11)1-7-4(6)8-3;1-2-3(4)5;;;;/h2-6,8H,7H2,1H3,(H,21,22,23);2-6,8H,7,21H2,1H3,(H,22,23,24);3-7H,1H3;2-6H,7,16H2,1H3;2-5,10H,8H2;2H2,1H3;1H;2H2,1H3;4*1H4. The number of ketones is 2. The molecule has 0 bridgehead atoms. The largest absolute Gasteiger partial charge is 0.450 e. The monoisotopic (exact) mass is 1940 g/mol. The van der Waals surface area contributed by atoms with Gasteiger partial charge >= 0.3 is 42.3 Å². The predicted octanol–water partition coefficient (Wildman–Crippen LogP) is 22.4. The Morgan fingerprint density at radius 3 is 1.04 bits per heavy atom. The molecule has 0 amide bonds. The Labute approximate surface area is 757 Å². The fraction of sp³-hybridized carbons (Fsp3) is 0.253. The van der Waals surface area contributed by atoms with Crippen LogP contribution in [0.3, 0.4) is 0 Å². The summed E-state index contributed by atoms with van der Waals surface area (Å²) in [6, 6.07) is 37.5. The lowest BCUT2D eigenvalue weighted by Gasteiger charge is -2.09. The van der Waals surface area contributed by atoms with E-state index in [-0.39, 0.29) is 79.7 Å².